The molecular formula is C81H158O17P2. The largest absolute Gasteiger partial charge is 0.472 e. The highest BCUT2D eigenvalue weighted by Crippen LogP contribution is 2.45. The molecule has 0 aromatic carbocycles. The minimum atomic E-state index is -4.96. The normalized spacial score (nSPS) is 13.9. The van der Waals surface area contributed by atoms with Crippen molar-refractivity contribution in [2.75, 3.05) is 39.6 Å². The third kappa shape index (κ3) is 74.3. The van der Waals surface area contributed by atoms with Gasteiger partial charge in [-0.1, -0.05) is 375 Å². The predicted octanol–water partition coefficient (Wildman–Crippen LogP) is 24.3. The van der Waals surface area contributed by atoms with Crippen LogP contribution in [0.4, 0.5) is 0 Å². The second kappa shape index (κ2) is 72.6. The number of aliphatic hydroxyl groups excluding tert-OH is 1. The summed E-state index contributed by atoms with van der Waals surface area (Å²) < 4.78 is 68.7. The lowest BCUT2D eigenvalue weighted by Gasteiger charge is -2.21. The number of hydrogen-bond acceptors (Lipinski definition) is 15. The van der Waals surface area contributed by atoms with Crippen LogP contribution in [0.3, 0.4) is 0 Å². The van der Waals surface area contributed by atoms with Gasteiger partial charge in [0.2, 0.25) is 0 Å². The summed E-state index contributed by atoms with van der Waals surface area (Å²) in [6.07, 6.45) is 62.3. The van der Waals surface area contributed by atoms with Gasteiger partial charge in [-0.05, 0) is 37.5 Å². The van der Waals surface area contributed by atoms with E-state index in [1.54, 1.807) is 0 Å². The van der Waals surface area contributed by atoms with E-state index in [-0.39, 0.29) is 25.7 Å². The van der Waals surface area contributed by atoms with Crippen LogP contribution in [0.1, 0.15) is 427 Å². The van der Waals surface area contributed by atoms with E-state index in [0.29, 0.717) is 25.7 Å². The van der Waals surface area contributed by atoms with Crippen LogP contribution < -0.4 is 0 Å². The standard InChI is InChI=1S/C81H158O17P2/c1-7-9-11-13-15-17-19-20-21-24-29-35-41-47-53-59-65-80(85)97-76(69-91-78(83)63-57-51-45-39-18-16-14-12-10-8-2)71-95-99(87,88)93-67-75(82)68-94-100(89,90)96-72-77(70-92-79(84)64-58-52-46-40-34-31-26-28-33-38-44-50-56-62-74(5)6)98-81(86)66-60-54-48-42-36-30-25-22-23-27-32-37-43-49-55-61-73(3)4/h73-77,82H,7-72H2,1-6H3,(H,87,88)(H,89,90)/t75-,76+,77+/m0/s1. The van der Waals surface area contributed by atoms with Crippen molar-refractivity contribution < 1.29 is 80.2 Å². The first kappa shape index (κ1) is 98.1. The molecule has 0 rings (SSSR count). The summed E-state index contributed by atoms with van der Waals surface area (Å²) in [6.45, 7) is 9.68. The molecule has 0 bridgehead atoms. The van der Waals surface area contributed by atoms with Crippen molar-refractivity contribution in [3.63, 3.8) is 0 Å². The van der Waals surface area contributed by atoms with E-state index in [4.69, 9.17) is 37.0 Å². The summed E-state index contributed by atoms with van der Waals surface area (Å²) in [5.41, 5.74) is 0. The Balaban J connectivity index is 5.24. The maximum absolute atomic E-state index is 13.1. The molecule has 100 heavy (non-hydrogen) atoms. The van der Waals surface area contributed by atoms with Crippen molar-refractivity contribution in [1.29, 1.82) is 0 Å². The number of phosphoric acid groups is 2. The lowest BCUT2D eigenvalue weighted by atomic mass is 10.0. The van der Waals surface area contributed by atoms with Gasteiger partial charge in [-0.15, -0.1) is 0 Å². The third-order valence-corrected chi connectivity index (χ3v) is 20.9. The molecule has 0 aromatic heterocycles. The minimum absolute atomic E-state index is 0.108. The van der Waals surface area contributed by atoms with Crippen molar-refractivity contribution in [3.8, 4) is 0 Å². The smallest absolute Gasteiger partial charge is 0.462 e. The van der Waals surface area contributed by atoms with Crippen LogP contribution in [0.2, 0.25) is 0 Å². The molecule has 0 amide bonds. The lowest BCUT2D eigenvalue weighted by molar-refractivity contribution is -0.161. The molecule has 17 nitrogen and oxygen atoms in total. The Kier molecular flexibility index (Phi) is 71.2. The van der Waals surface area contributed by atoms with Gasteiger partial charge in [-0.3, -0.25) is 37.3 Å². The van der Waals surface area contributed by atoms with Crippen LogP contribution in [-0.2, 0) is 65.4 Å². The molecular weight excluding hydrogens is 1310 g/mol. The maximum atomic E-state index is 13.1. The van der Waals surface area contributed by atoms with E-state index in [1.165, 1.54) is 244 Å². The van der Waals surface area contributed by atoms with Crippen molar-refractivity contribution >= 4 is 39.5 Å². The second-order valence-corrected chi connectivity index (χ2v) is 33.0. The van der Waals surface area contributed by atoms with E-state index < -0.39 is 97.5 Å². The Morgan fingerprint density at radius 2 is 0.460 bits per heavy atom. The Hall–Kier alpha value is -1.94. The van der Waals surface area contributed by atoms with Gasteiger partial charge in [-0.25, -0.2) is 9.13 Å². The Morgan fingerprint density at radius 3 is 0.680 bits per heavy atom. The lowest BCUT2D eigenvalue weighted by Crippen LogP contribution is -2.30. The van der Waals surface area contributed by atoms with E-state index in [2.05, 4.69) is 41.5 Å². The molecule has 594 valence electrons. The molecule has 19 heteroatoms. The first-order valence-electron chi connectivity index (χ1n) is 42.0. The zero-order valence-corrected chi connectivity index (χ0v) is 67.3. The average molecular weight is 1470 g/mol. The number of phosphoric ester groups is 2. The van der Waals surface area contributed by atoms with E-state index in [1.807, 2.05) is 0 Å². The fourth-order valence-corrected chi connectivity index (χ4v) is 14.1. The molecule has 0 spiro atoms. The van der Waals surface area contributed by atoms with Crippen LogP contribution in [-0.4, -0.2) is 96.7 Å². The van der Waals surface area contributed by atoms with Crippen LogP contribution >= 0.6 is 15.6 Å². The first-order valence-corrected chi connectivity index (χ1v) is 45.0. The van der Waals surface area contributed by atoms with Gasteiger partial charge in [0.15, 0.2) is 12.2 Å². The number of rotatable bonds is 80. The van der Waals surface area contributed by atoms with Crippen molar-refractivity contribution in [3.05, 3.63) is 0 Å². The summed E-state index contributed by atoms with van der Waals surface area (Å²) in [7, 11) is -9.92. The third-order valence-electron chi connectivity index (χ3n) is 19.0. The Morgan fingerprint density at radius 1 is 0.270 bits per heavy atom. The SMILES string of the molecule is CCCCCCCCCCCCCCCCCCC(=O)O[C@H](COC(=O)CCCCCCCCCCCC)COP(=O)(O)OC[C@H](O)COP(=O)(O)OC[C@@H](COC(=O)CCCCCCCCCCCCCCCC(C)C)OC(=O)CCCCCCCCCCCCCCCCCC(C)C. The van der Waals surface area contributed by atoms with E-state index >= 15 is 0 Å². The number of aliphatic hydroxyl groups is 1. The van der Waals surface area contributed by atoms with Gasteiger partial charge in [0.05, 0.1) is 26.4 Å². The molecule has 0 radical (unpaired) electrons. The zero-order valence-electron chi connectivity index (χ0n) is 65.5. The molecule has 0 aliphatic carbocycles. The number of carbonyl (C=O) groups is 4. The van der Waals surface area contributed by atoms with E-state index in [9.17, 15) is 43.2 Å². The highest BCUT2D eigenvalue weighted by molar-refractivity contribution is 7.47. The van der Waals surface area contributed by atoms with Crippen molar-refractivity contribution in [2.24, 2.45) is 11.8 Å². The highest BCUT2D eigenvalue weighted by atomic mass is 31.2. The van der Waals surface area contributed by atoms with Crippen LogP contribution in [0, 0.1) is 11.8 Å². The monoisotopic (exact) mass is 1470 g/mol. The Bertz CT molecular complexity index is 1920. The minimum Gasteiger partial charge on any atom is -0.462 e. The fourth-order valence-electron chi connectivity index (χ4n) is 12.5. The van der Waals surface area contributed by atoms with Gasteiger partial charge in [-0.2, -0.15) is 0 Å². The summed E-state index contributed by atoms with van der Waals surface area (Å²) in [4.78, 5) is 73.0. The highest BCUT2D eigenvalue weighted by Gasteiger charge is 2.30. The predicted molar refractivity (Wildman–Crippen MR) is 409 cm³/mol. The van der Waals surface area contributed by atoms with Crippen molar-refractivity contribution in [1.82, 2.24) is 0 Å². The summed E-state index contributed by atoms with van der Waals surface area (Å²) in [5, 5.41) is 10.6. The molecule has 0 saturated carbocycles. The molecule has 0 aromatic rings. The van der Waals surface area contributed by atoms with Crippen molar-refractivity contribution in [2.45, 2.75) is 445 Å². The summed E-state index contributed by atoms with van der Waals surface area (Å²) in [5.74, 6) is -0.513. The van der Waals surface area contributed by atoms with Crippen LogP contribution in [0.25, 0.3) is 0 Å². The number of esters is 4. The van der Waals surface area contributed by atoms with Gasteiger partial charge >= 0.3 is 39.5 Å². The number of ether oxygens (including phenoxy) is 4. The molecule has 3 N–H and O–H groups in total. The van der Waals surface area contributed by atoms with Gasteiger partial charge < -0.3 is 33.8 Å². The molecule has 0 fully saturated rings. The number of hydrogen-bond donors (Lipinski definition) is 3. The van der Waals surface area contributed by atoms with Crippen LogP contribution in [0.5, 0.6) is 0 Å². The van der Waals surface area contributed by atoms with Gasteiger partial charge in [0.1, 0.15) is 19.3 Å². The second-order valence-electron chi connectivity index (χ2n) is 30.1. The fraction of sp³-hybridized carbons (Fsp3) is 0.951. The quantitative estimate of drug-likeness (QED) is 0.0222. The molecule has 5 atom stereocenters. The summed E-state index contributed by atoms with van der Waals surface area (Å²) >= 11 is 0. The molecule has 0 heterocycles. The molecule has 0 aliphatic heterocycles. The molecule has 2 unspecified atom stereocenters. The van der Waals surface area contributed by atoms with Crippen LogP contribution in [0.15, 0.2) is 0 Å². The van der Waals surface area contributed by atoms with Gasteiger partial charge in [0.25, 0.3) is 0 Å². The first-order chi connectivity index (χ1) is 48.4. The average Bonchev–Trinajstić information content (AvgIpc) is 0.940. The zero-order chi connectivity index (χ0) is 73.5. The number of unbranched alkanes of at least 4 members (excludes halogenated alkanes) is 50. The molecule has 0 saturated heterocycles. The summed E-state index contributed by atoms with van der Waals surface area (Å²) in [6, 6.07) is 0. The maximum Gasteiger partial charge on any atom is 0.472 e. The van der Waals surface area contributed by atoms with E-state index in [0.717, 1.165) is 102 Å². The topological polar surface area (TPSA) is 237 Å². The molecule has 0 aliphatic rings. The Labute approximate surface area is 613 Å². The van der Waals surface area contributed by atoms with Gasteiger partial charge in [0, 0.05) is 25.7 Å². The number of carbonyl (C=O) groups excluding carboxylic acids is 4.